The number of aliphatic carboxylic acids is 1. The third-order valence-electron chi connectivity index (χ3n) is 3.25. The van der Waals surface area contributed by atoms with Crippen LogP contribution in [0, 0.1) is 18.6 Å². The Morgan fingerprint density at radius 1 is 1.50 bits per heavy atom. The predicted molar refractivity (Wildman–Crippen MR) is 68.8 cm³/mol. The van der Waals surface area contributed by atoms with Crippen LogP contribution in [-0.4, -0.2) is 29.2 Å². The van der Waals surface area contributed by atoms with Crippen LogP contribution in [0.4, 0.5) is 8.78 Å². The van der Waals surface area contributed by atoms with Crippen molar-refractivity contribution in [1.29, 1.82) is 0 Å². The van der Waals surface area contributed by atoms with E-state index >= 15 is 0 Å². The third kappa shape index (κ3) is 2.09. The quantitative estimate of drug-likeness (QED) is 0.797. The van der Waals surface area contributed by atoms with E-state index in [0.29, 0.717) is 10.9 Å². The minimum absolute atomic E-state index is 0.0264. The first-order valence-corrected chi connectivity index (χ1v) is 5.88. The molecule has 4 N–H and O–H groups in total. The van der Waals surface area contributed by atoms with Gasteiger partial charge in [-0.05, 0) is 18.1 Å². The number of methoxy groups -OCH3 is 1. The van der Waals surface area contributed by atoms with Gasteiger partial charge < -0.3 is 20.6 Å². The zero-order valence-corrected chi connectivity index (χ0v) is 11.0. The highest BCUT2D eigenvalue weighted by molar-refractivity contribution is 5.89. The number of aryl methyl sites for hydroxylation is 1. The first kappa shape index (κ1) is 14.3. The number of carboxylic acids is 1. The highest BCUT2D eigenvalue weighted by Crippen LogP contribution is 2.34. The van der Waals surface area contributed by atoms with Crippen LogP contribution in [0.3, 0.4) is 0 Å². The van der Waals surface area contributed by atoms with Gasteiger partial charge in [-0.25, -0.2) is 8.78 Å². The van der Waals surface area contributed by atoms with Crippen molar-refractivity contribution in [3.63, 3.8) is 0 Å². The molecule has 0 bridgehead atoms. The number of hydrogen-bond acceptors (Lipinski definition) is 3. The fraction of sp³-hybridized carbons (Fsp3) is 0.308. The number of aromatic amines is 1. The Hall–Kier alpha value is -2.15. The van der Waals surface area contributed by atoms with Gasteiger partial charge >= 0.3 is 5.97 Å². The zero-order chi connectivity index (χ0) is 15.0. The highest BCUT2D eigenvalue weighted by Gasteiger charge is 2.23. The van der Waals surface area contributed by atoms with Crippen LogP contribution in [0.5, 0.6) is 5.75 Å². The monoisotopic (exact) mass is 284 g/mol. The lowest BCUT2D eigenvalue weighted by Crippen LogP contribution is -2.32. The Bertz CT molecular complexity index is 682. The van der Waals surface area contributed by atoms with E-state index in [9.17, 15) is 13.6 Å². The molecule has 1 heterocycles. The number of carbonyl (C=O) groups is 1. The summed E-state index contributed by atoms with van der Waals surface area (Å²) in [5, 5.41) is 9.11. The van der Waals surface area contributed by atoms with Gasteiger partial charge in [0.25, 0.3) is 0 Å². The average Bonchev–Trinajstić information content (AvgIpc) is 2.81. The molecule has 1 atom stereocenters. The van der Waals surface area contributed by atoms with Crippen LogP contribution in [0.1, 0.15) is 11.1 Å². The third-order valence-corrected chi connectivity index (χ3v) is 3.25. The molecule has 0 saturated carbocycles. The molecule has 108 valence electrons. The van der Waals surface area contributed by atoms with Crippen LogP contribution in [-0.2, 0) is 11.2 Å². The second kappa shape index (κ2) is 5.09. The molecule has 0 aliphatic heterocycles. The summed E-state index contributed by atoms with van der Waals surface area (Å²) in [5.41, 5.74) is 6.17. The molecule has 1 unspecified atom stereocenters. The molecular weight excluding hydrogens is 270 g/mol. The standard InChI is InChI=1S/C13H14F2N2O3/c1-5-8-6(3-7(16)13(18)19)4-17-11(8)10(15)12(20-2)9(5)14/h4,7,17H,3,16H2,1-2H3,(H,18,19). The van der Waals surface area contributed by atoms with Gasteiger partial charge in [-0.3, -0.25) is 4.79 Å². The Balaban J connectivity index is 2.64. The van der Waals surface area contributed by atoms with E-state index in [4.69, 9.17) is 15.6 Å². The van der Waals surface area contributed by atoms with Gasteiger partial charge in [0.2, 0.25) is 0 Å². The zero-order valence-electron chi connectivity index (χ0n) is 11.0. The van der Waals surface area contributed by atoms with Gasteiger partial charge in [0.15, 0.2) is 17.4 Å². The van der Waals surface area contributed by atoms with E-state index in [-0.39, 0.29) is 17.5 Å². The normalized spacial score (nSPS) is 12.7. The van der Waals surface area contributed by atoms with Crippen molar-refractivity contribution in [3.8, 4) is 5.75 Å². The van der Waals surface area contributed by atoms with Crippen LogP contribution in [0.2, 0.25) is 0 Å². The smallest absolute Gasteiger partial charge is 0.320 e. The van der Waals surface area contributed by atoms with Gasteiger partial charge in [-0.2, -0.15) is 0 Å². The highest BCUT2D eigenvalue weighted by atomic mass is 19.1. The lowest BCUT2D eigenvalue weighted by molar-refractivity contribution is -0.138. The summed E-state index contributed by atoms with van der Waals surface area (Å²) in [6, 6.07) is -1.14. The first-order chi connectivity index (χ1) is 9.38. The number of ether oxygens (including phenoxy) is 1. The molecule has 1 aromatic heterocycles. The number of H-pyrrole nitrogens is 1. The average molecular weight is 284 g/mol. The van der Waals surface area contributed by atoms with Gasteiger partial charge in [0.05, 0.1) is 12.6 Å². The Labute approximate surface area is 113 Å². The van der Waals surface area contributed by atoms with E-state index in [0.717, 1.165) is 0 Å². The molecule has 5 nitrogen and oxygen atoms in total. The number of rotatable bonds is 4. The molecule has 0 amide bonds. The summed E-state index contributed by atoms with van der Waals surface area (Å²) in [6.07, 6.45) is 1.41. The van der Waals surface area contributed by atoms with Crippen LogP contribution < -0.4 is 10.5 Å². The van der Waals surface area contributed by atoms with Crippen molar-refractivity contribution >= 4 is 16.9 Å². The number of nitrogens with one attached hydrogen (secondary N) is 1. The number of halogens is 2. The molecule has 1 aromatic carbocycles. The van der Waals surface area contributed by atoms with Crippen molar-refractivity contribution in [1.82, 2.24) is 4.98 Å². The molecular formula is C13H14F2N2O3. The minimum atomic E-state index is -1.17. The Morgan fingerprint density at radius 2 is 2.15 bits per heavy atom. The van der Waals surface area contributed by atoms with Crippen LogP contribution >= 0.6 is 0 Å². The molecule has 7 heteroatoms. The molecule has 0 saturated heterocycles. The predicted octanol–water partition coefficient (Wildman–Crippen LogP) is 1.72. The van der Waals surface area contributed by atoms with Gasteiger partial charge in [0, 0.05) is 18.0 Å². The largest absolute Gasteiger partial charge is 0.491 e. The van der Waals surface area contributed by atoms with E-state index in [1.807, 2.05) is 0 Å². The number of aromatic nitrogens is 1. The number of hydrogen-bond donors (Lipinski definition) is 3. The van der Waals surface area contributed by atoms with Gasteiger partial charge in [-0.1, -0.05) is 0 Å². The maximum Gasteiger partial charge on any atom is 0.320 e. The van der Waals surface area contributed by atoms with E-state index in [1.165, 1.54) is 20.2 Å². The van der Waals surface area contributed by atoms with Crippen LogP contribution in [0.25, 0.3) is 10.9 Å². The maximum atomic E-state index is 14.1. The maximum absolute atomic E-state index is 14.1. The fourth-order valence-electron chi connectivity index (χ4n) is 2.22. The topological polar surface area (TPSA) is 88.3 Å². The van der Waals surface area contributed by atoms with Gasteiger partial charge in [-0.15, -0.1) is 0 Å². The lowest BCUT2D eigenvalue weighted by atomic mass is 10.0. The minimum Gasteiger partial charge on any atom is -0.491 e. The van der Waals surface area contributed by atoms with Crippen molar-refractivity contribution in [2.24, 2.45) is 5.73 Å². The van der Waals surface area contributed by atoms with Crippen molar-refractivity contribution in [2.45, 2.75) is 19.4 Å². The summed E-state index contributed by atoms with van der Waals surface area (Å²) in [6.45, 7) is 1.48. The van der Waals surface area contributed by atoms with E-state index in [1.54, 1.807) is 0 Å². The number of fused-ring (bicyclic) bond motifs is 1. The molecule has 2 rings (SSSR count). The molecule has 0 spiro atoms. The molecule has 20 heavy (non-hydrogen) atoms. The second-order valence-corrected chi connectivity index (χ2v) is 4.50. The number of benzene rings is 1. The van der Waals surface area contributed by atoms with Gasteiger partial charge in [0.1, 0.15) is 6.04 Å². The van der Waals surface area contributed by atoms with Crippen molar-refractivity contribution < 1.29 is 23.4 Å². The Kier molecular flexibility index (Phi) is 3.63. The summed E-state index contributed by atoms with van der Waals surface area (Å²) in [7, 11) is 1.18. The van der Waals surface area contributed by atoms with Crippen molar-refractivity contribution in [3.05, 3.63) is 29.0 Å². The molecule has 0 aliphatic rings. The lowest BCUT2D eigenvalue weighted by Gasteiger charge is -2.10. The van der Waals surface area contributed by atoms with Crippen LogP contribution in [0.15, 0.2) is 6.20 Å². The SMILES string of the molecule is COc1c(F)c(C)c2c(CC(N)C(=O)O)c[nH]c2c1F. The summed E-state index contributed by atoms with van der Waals surface area (Å²) in [5.74, 6) is -3.29. The number of carboxylic acid groups (broad SMARTS) is 1. The Morgan fingerprint density at radius 3 is 2.70 bits per heavy atom. The van der Waals surface area contributed by atoms with E-state index < -0.39 is 29.4 Å². The summed E-state index contributed by atoms with van der Waals surface area (Å²) >= 11 is 0. The second-order valence-electron chi connectivity index (χ2n) is 4.50. The molecule has 0 fully saturated rings. The first-order valence-electron chi connectivity index (χ1n) is 5.88. The molecule has 2 aromatic rings. The van der Waals surface area contributed by atoms with E-state index in [2.05, 4.69) is 4.98 Å². The molecule has 0 aliphatic carbocycles. The fourth-order valence-corrected chi connectivity index (χ4v) is 2.22. The number of nitrogens with two attached hydrogens (primary N) is 1. The molecule has 0 radical (unpaired) electrons. The summed E-state index contributed by atoms with van der Waals surface area (Å²) < 4.78 is 32.8. The summed E-state index contributed by atoms with van der Waals surface area (Å²) in [4.78, 5) is 13.5. The van der Waals surface area contributed by atoms with Crippen molar-refractivity contribution in [2.75, 3.05) is 7.11 Å².